The molecule has 0 saturated carbocycles. The fraction of sp³-hybridized carbons (Fsp3) is 0.571. The lowest BCUT2D eigenvalue weighted by Crippen LogP contribution is -2.59. The van der Waals surface area contributed by atoms with Crippen molar-refractivity contribution in [2.24, 2.45) is 0 Å². The molecule has 11 nitrogen and oxygen atoms in total. The predicted molar refractivity (Wildman–Crippen MR) is 127 cm³/mol. The minimum atomic E-state index is -4.00. The second-order valence-electron chi connectivity index (χ2n) is 9.16. The molecule has 5 rings (SSSR count). The van der Waals surface area contributed by atoms with E-state index in [4.69, 9.17) is 9.47 Å². The molecule has 0 aliphatic carbocycles. The molecule has 196 valence electrons. The molecule has 3 aromatic rings. The molecule has 0 spiro atoms. The van der Waals surface area contributed by atoms with Crippen LogP contribution in [-0.2, 0) is 19.5 Å². The first kappa shape index (κ1) is 25.4. The average molecular weight is 545 g/mol. The van der Waals surface area contributed by atoms with Crippen LogP contribution in [0.15, 0.2) is 23.4 Å². The molecule has 5 heterocycles. The molecule has 36 heavy (non-hydrogen) atoms. The number of aliphatic hydroxyl groups excluding tert-OH is 1. The first-order chi connectivity index (χ1) is 17.1. The summed E-state index contributed by atoms with van der Waals surface area (Å²) in [5, 5.41) is 16.9. The Kier molecular flexibility index (Phi) is 6.72. The van der Waals surface area contributed by atoms with E-state index in [1.54, 1.807) is 13.0 Å². The molecule has 0 radical (unpaired) electrons. The number of anilines is 1. The van der Waals surface area contributed by atoms with Gasteiger partial charge >= 0.3 is 0 Å². The van der Waals surface area contributed by atoms with Gasteiger partial charge in [0, 0.05) is 12.7 Å². The molecule has 0 bridgehead atoms. The highest BCUT2D eigenvalue weighted by molar-refractivity contribution is 7.89. The molecular weight excluding hydrogens is 518 g/mol. The normalized spacial score (nSPS) is 22.3. The molecule has 0 amide bonds. The molecule has 2 N–H and O–H groups in total. The van der Waals surface area contributed by atoms with Gasteiger partial charge in [-0.1, -0.05) is 18.3 Å². The molecular formula is C21H26F2N6O5S2. The zero-order valence-electron chi connectivity index (χ0n) is 19.6. The SMILES string of the molecule is CC[C@@H]1CO[C@@H](CO)CN1c1cc(S(=O)(=O)NC2(C)COC2)cn2c(-c3nnc(C(F)F)s3)cnc12. The second kappa shape index (κ2) is 9.54. The molecule has 2 atom stereocenters. The highest BCUT2D eigenvalue weighted by Crippen LogP contribution is 2.35. The number of aliphatic hydroxyl groups is 1. The quantitative estimate of drug-likeness (QED) is 0.436. The van der Waals surface area contributed by atoms with Gasteiger partial charge in [-0.05, 0) is 19.4 Å². The number of rotatable bonds is 8. The van der Waals surface area contributed by atoms with Crippen LogP contribution in [0.3, 0.4) is 0 Å². The van der Waals surface area contributed by atoms with Gasteiger partial charge in [0.1, 0.15) is 10.6 Å². The maximum absolute atomic E-state index is 13.4. The fourth-order valence-corrected chi connectivity index (χ4v) is 6.44. The van der Waals surface area contributed by atoms with E-state index < -0.39 is 33.1 Å². The smallest absolute Gasteiger partial charge is 0.291 e. The maximum Gasteiger partial charge on any atom is 0.291 e. The van der Waals surface area contributed by atoms with Gasteiger partial charge in [-0.15, -0.1) is 10.2 Å². The Labute approximate surface area is 210 Å². The lowest BCUT2D eigenvalue weighted by atomic mass is 10.0. The number of fused-ring (bicyclic) bond motifs is 1. The number of nitrogens with one attached hydrogen (secondary N) is 1. The van der Waals surface area contributed by atoms with Crippen molar-refractivity contribution in [2.45, 2.75) is 49.3 Å². The summed E-state index contributed by atoms with van der Waals surface area (Å²) in [6.45, 7) is 4.72. The summed E-state index contributed by atoms with van der Waals surface area (Å²) in [5.74, 6) is 0. The van der Waals surface area contributed by atoms with E-state index in [0.29, 0.717) is 36.6 Å². The van der Waals surface area contributed by atoms with Crippen molar-refractivity contribution in [1.82, 2.24) is 24.3 Å². The van der Waals surface area contributed by atoms with Gasteiger partial charge in [0.2, 0.25) is 10.0 Å². The molecule has 15 heteroatoms. The lowest BCUT2D eigenvalue weighted by Gasteiger charge is -2.41. The summed E-state index contributed by atoms with van der Waals surface area (Å²) in [7, 11) is -4.00. The number of halogens is 2. The molecule has 0 unspecified atom stereocenters. The van der Waals surface area contributed by atoms with Gasteiger partial charge in [-0.25, -0.2) is 26.9 Å². The number of alkyl halides is 2. The van der Waals surface area contributed by atoms with Crippen molar-refractivity contribution < 1.29 is 31.8 Å². The topological polar surface area (TPSA) is 131 Å². The van der Waals surface area contributed by atoms with Crippen LogP contribution in [0.5, 0.6) is 0 Å². The summed E-state index contributed by atoms with van der Waals surface area (Å²) in [6.07, 6.45) is 0.344. The predicted octanol–water partition coefficient (Wildman–Crippen LogP) is 1.83. The minimum Gasteiger partial charge on any atom is -0.394 e. The first-order valence-corrected chi connectivity index (χ1v) is 13.7. The Hall–Kier alpha value is -2.30. The average Bonchev–Trinajstić information content (AvgIpc) is 3.49. The van der Waals surface area contributed by atoms with Crippen LogP contribution in [0, 0.1) is 0 Å². The summed E-state index contributed by atoms with van der Waals surface area (Å²) in [5.41, 5.74) is 0.550. The highest BCUT2D eigenvalue weighted by Gasteiger charge is 2.39. The fourth-order valence-electron chi connectivity index (χ4n) is 4.34. The zero-order valence-corrected chi connectivity index (χ0v) is 21.2. The van der Waals surface area contributed by atoms with E-state index in [1.807, 2.05) is 11.8 Å². The van der Waals surface area contributed by atoms with E-state index in [1.165, 1.54) is 16.8 Å². The Bertz CT molecular complexity index is 1360. The summed E-state index contributed by atoms with van der Waals surface area (Å²) >= 11 is 0.719. The van der Waals surface area contributed by atoms with E-state index in [0.717, 1.165) is 11.3 Å². The highest BCUT2D eigenvalue weighted by atomic mass is 32.2. The molecule has 2 fully saturated rings. The number of hydrogen-bond acceptors (Lipinski definition) is 10. The number of nitrogens with zero attached hydrogens (tertiary/aromatic N) is 5. The van der Waals surface area contributed by atoms with E-state index in [-0.39, 0.29) is 35.8 Å². The van der Waals surface area contributed by atoms with Gasteiger partial charge in [-0.3, -0.25) is 4.40 Å². The van der Waals surface area contributed by atoms with Gasteiger partial charge in [0.05, 0.1) is 56.0 Å². The zero-order chi connectivity index (χ0) is 25.7. The number of ether oxygens (including phenoxy) is 2. The monoisotopic (exact) mass is 544 g/mol. The van der Waals surface area contributed by atoms with Crippen LogP contribution in [0.2, 0.25) is 0 Å². The van der Waals surface area contributed by atoms with Crippen molar-refractivity contribution in [3.8, 4) is 10.7 Å². The standard InChI is InChI=1S/C21H26F2N6O5S2/c1-3-12-9-34-13(8-30)6-28(12)15-4-14(36(31,32)27-21(2)10-33-11-21)7-29-16(5-24-18(15)29)19-25-26-20(35-19)17(22)23/h4-5,7,12-13,17,27,30H,3,6,8-11H2,1-2H3/t12-,13-/m1/s1. The number of hydrogen-bond donors (Lipinski definition) is 2. The third-order valence-corrected chi connectivity index (χ3v) is 8.85. The van der Waals surface area contributed by atoms with Gasteiger partial charge in [-0.2, -0.15) is 0 Å². The third-order valence-electron chi connectivity index (χ3n) is 6.29. The Morgan fingerprint density at radius 1 is 1.36 bits per heavy atom. The molecule has 2 aliphatic heterocycles. The Morgan fingerprint density at radius 3 is 2.75 bits per heavy atom. The van der Waals surface area contributed by atoms with Crippen molar-refractivity contribution >= 4 is 32.7 Å². The minimum absolute atomic E-state index is 0.0298. The van der Waals surface area contributed by atoms with Crippen LogP contribution in [0.25, 0.3) is 16.3 Å². The van der Waals surface area contributed by atoms with E-state index >= 15 is 0 Å². The molecule has 2 saturated heterocycles. The second-order valence-corrected chi connectivity index (χ2v) is 11.8. The summed E-state index contributed by atoms with van der Waals surface area (Å²) in [4.78, 5) is 6.45. The number of aromatic nitrogens is 4. The van der Waals surface area contributed by atoms with Crippen LogP contribution in [-0.4, -0.2) is 83.8 Å². The van der Waals surface area contributed by atoms with Crippen LogP contribution < -0.4 is 9.62 Å². The molecule has 3 aromatic heterocycles. The third kappa shape index (κ3) is 4.59. The summed E-state index contributed by atoms with van der Waals surface area (Å²) < 4.78 is 68.4. The number of sulfonamides is 1. The molecule has 0 aromatic carbocycles. The van der Waals surface area contributed by atoms with Crippen molar-refractivity contribution in [3.63, 3.8) is 0 Å². The number of morpholine rings is 1. The van der Waals surface area contributed by atoms with Crippen molar-refractivity contribution in [3.05, 3.63) is 23.5 Å². The number of imidazole rings is 1. The van der Waals surface area contributed by atoms with Gasteiger partial charge in [0.25, 0.3) is 6.43 Å². The maximum atomic E-state index is 13.4. The van der Waals surface area contributed by atoms with Crippen molar-refractivity contribution in [1.29, 1.82) is 0 Å². The van der Waals surface area contributed by atoms with Crippen LogP contribution in [0.4, 0.5) is 14.5 Å². The van der Waals surface area contributed by atoms with Crippen LogP contribution >= 0.6 is 11.3 Å². The summed E-state index contributed by atoms with van der Waals surface area (Å²) in [6, 6.07) is 1.46. The largest absolute Gasteiger partial charge is 0.394 e. The molecule has 2 aliphatic rings. The first-order valence-electron chi connectivity index (χ1n) is 11.4. The van der Waals surface area contributed by atoms with E-state index in [2.05, 4.69) is 19.9 Å². The van der Waals surface area contributed by atoms with Crippen LogP contribution in [0.1, 0.15) is 31.7 Å². The van der Waals surface area contributed by atoms with E-state index in [9.17, 15) is 22.3 Å². The van der Waals surface area contributed by atoms with Gasteiger partial charge < -0.3 is 19.5 Å². The van der Waals surface area contributed by atoms with Gasteiger partial charge in [0.15, 0.2) is 15.7 Å². The lowest BCUT2D eigenvalue weighted by molar-refractivity contribution is -0.0523. The van der Waals surface area contributed by atoms with Crippen molar-refractivity contribution in [2.75, 3.05) is 37.9 Å². The Balaban J connectivity index is 1.67. The Morgan fingerprint density at radius 2 is 2.14 bits per heavy atom. The number of pyridine rings is 1.